The van der Waals surface area contributed by atoms with E-state index in [9.17, 15) is 14.9 Å². The van der Waals surface area contributed by atoms with Gasteiger partial charge in [-0.2, -0.15) is 5.26 Å². The lowest BCUT2D eigenvalue weighted by Crippen LogP contribution is -2.44. The van der Waals surface area contributed by atoms with Gasteiger partial charge in [-0.15, -0.1) is 11.8 Å². The molecule has 0 bridgehead atoms. The van der Waals surface area contributed by atoms with E-state index < -0.39 is 23.7 Å². The van der Waals surface area contributed by atoms with Gasteiger partial charge in [0, 0.05) is 11.5 Å². The van der Waals surface area contributed by atoms with Crippen molar-refractivity contribution in [3.63, 3.8) is 0 Å². The van der Waals surface area contributed by atoms with Gasteiger partial charge in [-0.1, -0.05) is 18.2 Å². The molecule has 0 saturated heterocycles. The minimum Gasteiger partial charge on any atom is -0.496 e. The van der Waals surface area contributed by atoms with E-state index in [-0.39, 0.29) is 0 Å². The number of benzene rings is 1. The van der Waals surface area contributed by atoms with Gasteiger partial charge < -0.3 is 14.8 Å². The number of carbonyl (C=O) groups excluding carboxylic acids is 2. The quantitative estimate of drug-likeness (QED) is 0.668. The maximum absolute atomic E-state index is 12.4. The number of para-hydroxylation sites is 1. The summed E-state index contributed by atoms with van der Waals surface area (Å²) in [5.74, 6) is -2.56. The number of rotatable bonds is 4. The predicted octanol–water partition coefficient (Wildman–Crippen LogP) is 1.80. The first-order valence-corrected chi connectivity index (χ1v) is 8.01. The van der Waals surface area contributed by atoms with Gasteiger partial charge in [0.15, 0.2) is 0 Å². The summed E-state index contributed by atoms with van der Waals surface area (Å²) in [5, 5.41) is 12.6. The van der Waals surface area contributed by atoms with E-state index in [1.807, 2.05) is 0 Å². The number of methoxy groups -OCH3 is 2. The third kappa shape index (κ3) is 3.03. The van der Waals surface area contributed by atoms with Crippen LogP contribution in [0.4, 0.5) is 0 Å². The van der Waals surface area contributed by atoms with E-state index >= 15 is 0 Å². The molecule has 0 aliphatic carbocycles. The van der Waals surface area contributed by atoms with Crippen molar-refractivity contribution >= 4 is 23.6 Å². The van der Waals surface area contributed by atoms with Gasteiger partial charge in [0.25, 0.3) is 0 Å². The number of ether oxygens (including phenoxy) is 2. The van der Waals surface area contributed by atoms with Crippen molar-refractivity contribution in [1.82, 2.24) is 5.32 Å². The van der Waals surface area contributed by atoms with Crippen molar-refractivity contribution in [2.45, 2.75) is 5.92 Å². The van der Waals surface area contributed by atoms with Gasteiger partial charge in [-0.05, 0) is 12.3 Å². The normalized spacial score (nSPS) is 20.5. The molecule has 0 unspecified atom stereocenters. The molecule has 0 radical (unpaired) electrons. The number of carbonyl (C=O) groups is 2. The maximum Gasteiger partial charge on any atom is 0.319 e. The van der Waals surface area contributed by atoms with Crippen molar-refractivity contribution in [1.29, 1.82) is 5.26 Å². The number of hydrogen-bond acceptors (Lipinski definition) is 6. The van der Waals surface area contributed by atoms with E-state index in [1.54, 1.807) is 30.5 Å². The number of hydrogen-bond donors (Lipinski definition) is 1. The molecule has 0 spiro atoms. The molecular formula is C16H16N2O4S. The minimum absolute atomic E-state index is 0.317. The number of thioether (sulfide) groups is 1. The predicted molar refractivity (Wildman–Crippen MR) is 85.5 cm³/mol. The average Bonchev–Trinajstić information content (AvgIpc) is 2.59. The molecule has 1 aromatic carbocycles. The lowest BCUT2D eigenvalue weighted by molar-refractivity contribution is -0.150. The van der Waals surface area contributed by atoms with Crippen molar-refractivity contribution < 1.29 is 19.1 Å². The number of esters is 1. The van der Waals surface area contributed by atoms with Crippen LogP contribution < -0.4 is 10.1 Å². The van der Waals surface area contributed by atoms with Crippen LogP contribution in [0.1, 0.15) is 11.5 Å². The van der Waals surface area contributed by atoms with Crippen LogP contribution in [0.3, 0.4) is 0 Å². The summed E-state index contributed by atoms with van der Waals surface area (Å²) in [6.07, 6.45) is 1.75. The van der Waals surface area contributed by atoms with E-state index in [0.717, 1.165) is 0 Å². The van der Waals surface area contributed by atoms with Crippen molar-refractivity contribution in [2.75, 3.05) is 20.5 Å². The maximum atomic E-state index is 12.4. The van der Waals surface area contributed by atoms with E-state index in [4.69, 9.17) is 9.47 Å². The van der Waals surface area contributed by atoms with Crippen LogP contribution in [0, 0.1) is 17.2 Å². The van der Waals surface area contributed by atoms with Gasteiger partial charge in [0.1, 0.15) is 11.7 Å². The highest BCUT2D eigenvalue weighted by Crippen LogP contribution is 2.42. The Morgan fingerprint density at radius 3 is 2.61 bits per heavy atom. The molecular weight excluding hydrogens is 316 g/mol. The zero-order valence-electron chi connectivity index (χ0n) is 13.0. The smallest absolute Gasteiger partial charge is 0.319 e. The lowest BCUT2D eigenvalue weighted by Gasteiger charge is -2.31. The molecule has 2 rings (SSSR count). The van der Waals surface area contributed by atoms with E-state index in [2.05, 4.69) is 11.4 Å². The third-order valence-corrected chi connectivity index (χ3v) is 4.39. The molecule has 1 aliphatic heterocycles. The molecule has 2 atom stereocenters. The first-order chi connectivity index (χ1) is 11.1. The number of allylic oxidation sites excluding steroid dienone is 1. The summed E-state index contributed by atoms with van der Waals surface area (Å²) >= 11 is 1.25. The fourth-order valence-corrected chi connectivity index (χ4v) is 3.22. The largest absolute Gasteiger partial charge is 0.496 e. The molecule has 0 saturated carbocycles. The van der Waals surface area contributed by atoms with Gasteiger partial charge >= 0.3 is 5.97 Å². The van der Waals surface area contributed by atoms with Crippen LogP contribution in [0.2, 0.25) is 0 Å². The zero-order valence-corrected chi connectivity index (χ0v) is 13.8. The second kappa shape index (κ2) is 7.20. The van der Waals surface area contributed by atoms with Crippen LogP contribution in [0.5, 0.6) is 5.75 Å². The summed E-state index contributed by atoms with van der Waals surface area (Å²) in [6, 6.07) is 9.14. The fourth-order valence-electron chi connectivity index (χ4n) is 2.63. The van der Waals surface area contributed by atoms with Crippen LogP contribution in [-0.4, -0.2) is 32.4 Å². The molecule has 1 aliphatic rings. The van der Waals surface area contributed by atoms with Gasteiger partial charge in [0.05, 0.1) is 30.9 Å². The first kappa shape index (κ1) is 16.9. The van der Waals surface area contributed by atoms with Crippen LogP contribution in [0.15, 0.2) is 34.9 Å². The first-order valence-electron chi connectivity index (χ1n) is 6.78. The van der Waals surface area contributed by atoms with Gasteiger partial charge in [-0.25, -0.2) is 0 Å². The molecule has 120 valence electrons. The molecule has 23 heavy (non-hydrogen) atoms. The minimum atomic E-state index is -1.14. The number of amides is 1. The Balaban J connectivity index is 2.70. The highest BCUT2D eigenvalue weighted by Gasteiger charge is 2.45. The Labute approximate surface area is 138 Å². The number of nitriles is 1. The van der Waals surface area contributed by atoms with Crippen LogP contribution >= 0.6 is 11.8 Å². The Bertz CT molecular complexity index is 708. The molecule has 6 nitrogen and oxygen atoms in total. The molecule has 7 heteroatoms. The topological polar surface area (TPSA) is 88.4 Å². The molecule has 0 aromatic heterocycles. The Morgan fingerprint density at radius 2 is 2.04 bits per heavy atom. The summed E-state index contributed by atoms with van der Waals surface area (Å²) < 4.78 is 10.1. The average molecular weight is 332 g/mol. The molecule has 1 N–H and O–H groups in total. The zero-order chi connectivity index (χ0) is 17.0. The third-order valence-electron chi connectivity index (χ3n) is 3.66. The summed E-state index contributed by atoms with van der Waals surface area (Å²) in [4.78, 5) is 24.6. The highest BCUT2D eigenvalue weighted by atomic mass is 32.2. The highest BCUT2D eigenvalue weighted by molar-refractivity contribution is 8.02. The lowest BCUT2D eigenvalue weighted by atomic mass is 9.78. The number of nitrogens with one attached hydrogen (secondary N) is 1. The summed E-state index contributed by atoms with van der Waals surface area (Å²) in [6.45, 7) is 0. The van der Waals surface area contributed by atoms with Crippen LogP contribution in [0.25, 0.3) is 0 Å². The Hall–Kier alpha value is -2.46. The van der Waals surface area contributed by atoms with Crippen molar-refractivity contribution in [3.05, 3.63) is 40.4 Å². The number of nitrogens with zero attached hydrogens (tertiary/aromatic N) is 1. The van der Waals surface area contributed by atoms with Crippen LogP contribution in [-0.2, 0) is 14.3 Å². The SMILES string of the molecule is COC(=O)[C@H]1C(=O)NC(SC)=C(C#N)[C@H]1c1ccccc1OC. The molecule has 0 fully saturated rings. The fraction of sp³-hybridized carbons (Fsp3) is 0.312. The molecule has 1 amide bonds. The second-order valence-corrected chi connectivity index (χ2v) is 5.58. The molecule has 1 heterocycles. The second-order valence-electron chi connectivity index (χ2n) is 4.77. The van der Waals surface area contributed by atoms with Gasteiger partial charge in [0.2, 0.25) is 5.91 Å². The van der Waals surface area contributed by atoms with E-state index in [0.29, 0.717) is 21.9 Å². The Kier molecular flexibility index (Phi) is 5.29. The van der Waals surface area contributed by atoms with E-state index in [1.165, 1.54) is 26.0 Å². The van der Waals surface area contributed by atoms with Crippen molar-refractivity contribution in [3.8, 4) is 11.8 Å². The summed E-state index contributed by atoms with van der Waals surface area (Å²) in [5.41, 5.74) is 0.917. The standard InChI is InChI=1S/C16H16N2O4S/c1-21-11-7-5-4-6-9(11)12-10(8-17)15(23-3)18-14(19)13(12)16(20)22-2/h4-7,12-13H,1-3H3,(H,18,19)/t12-,13-/m1/s1. The Morgan fingerprint density at radius 1 is 1.35 bits per heavy atom. The summed E-state index contributed by atoms with van der Waals surface area (Å²) in [7, 11) is 2.72. The van der Waals surface area contributed by atoms with Crippen molar-refractivity contribution in [2.24, 2.45) is 5.92 Å². The monoisotopic (exact) mass is 332 g/mol. The van der Waals surface area contributed by atoms with Gasteiger partial charge in [-0.3, -0.25) is 9.59 Å². The molecule has 1 aromatic rings.